The van der Waals surface area contributed by atoms with E-state index in [4.69, 9.17) is 24.7 Å². The van der Waals surface area contributed by atoms with Crippen LogP contribution in [0.5, 0.6) is 5.75 Å². The molecule has 0 spiro atoms. The summed E-state index contributed by atoms with van der Waals surface area (Å²) < 4.78 is 20.5. The van der Waals surface area contributed by atoms with Gasteiger partial charge in [0.05, 0.1) is 19.8 Å². The van der Waals surface area contributed by atoms with Crippen LogP contribution in [0.15, 0.2) is 24.3 Å². The molecule has 1 aromatic carbocycles. The lowest BCUT2D eigenvalue weighted by atomic mass is 10.1. The number of hydrogen-bond donors (Lipinski definition) is 2. The van der Waals surface area contributed by atoms with Gasteiger partial charge >= 0.3 is 12.2 Å². The molecule has 1 fully saturated rings. The molecule has 0 aliphatic heterocycles. The quantitative estimate of drug-likeness (QED) is 0.246. The number of alkyl carbamates (subject to hydrolysis) is 1. The molecule has 2 aliphatic carbocycles. The Hall–Kier alpha value is -3.25. The minimum Gasteiger partial charge on any atom is -0.449 e. The summed E-state index contributed by atoms with van der Waals surface area (Å²) >= 11 is 0. The highest BCUT2D eigenvalue weighted by molar-refractivity contribution is 5.92. The van der Waals surface area contributed by atoms with Crippen LogP contribution >= 0.6 is 0 Å². The SMILES string of the molecule is NC(=O)c1ccc(OC(=O)OCCOCCNC(=O)OC[C@@H]2[C@@H]3CCC#CCC[C@@H]32)cc1. The van der Waals surface area contributed by atoms with E-state index in [0.29, 0.717) is 36.5 Å². The first-order valence-corrected chi connectivity index (χ1v) is 10.7. The van der Waals surface area contributed by atoms with Gasteiger partial charge in [-0.2, -0.15) is 0 Å². The number of benzene rings is 1. The van der Waals surface area contributed by atoms with E-state index < -0.39 is 18.2 Å². The van der Waals surface area contributed by atoms with Crippen molar-refractivity contribution in [1.82, 2.24) is 5.32 Å². The minimum atomic E-state index is -0.888. The van der Waals surface area contributed by atoms with Crippen molar-refractivity contribution < 1.29 is 33.3 Å². The second-order valence-electron chi connectivity index (χ2n) is 7.65. The van der Waals surface area contributed by atoms with Crippen LogP contribution in [0.3, 0.4) is 0 Å². The number of hydrogen-bond acceptors (Lipinski definition) is 7. The predicted molar refractivity (Wildman–Crippen MR) is 114 cm³/mol. The van der Waals surface area contributed by atoms with Gasteiger partial charge in [0.1, 0.15) is 12.4 Å². The summed E-state index contributed by atoms with van der Waals surface area (Å²) in [6.07, 6.45) is 2.72. The highest BCUT2D eigenvalue weighted by Crippen LogP contribution is 2.52. The molecule has 1 saturated carbocycles. The molecule has 0 bridgehead atoms. The molecule has 32 heavy (non-hydrogen) atoms. The maximum atomic E-state index is 11.8. The summed E-state index contributed by atoms with van der Waals surface area (Å²) in [5.74, 6) is 7.73. The van der Waals surface area contributed by atoms with E-state index in [1.54, 1.807) is 0 Å². The van der Waals surface area contributed by atoms with Crippen LogP contribution in [-0.4, -0.2) is 51.1 Å². The van der Waals surface area contributed by atoms with Crippen LogP contribution < -0.4 is 15.8 Å². The molecular formula is C23H28N2O7. The lowest BCUT2D eigenvalue weighted by molar-refractivity contribution is 0.0524. The summed E-state index contributed by atoms with van der Waals surface area (Å²) in [6.45, 7) is 1.15. The van der Waals surface area contributed by atoms with E-state index in [1.807, 2.05) is 0 Å². The molecule has 3 N–H and O–H groups in total. The van der Waals surface area contributed by atoms with Crippen molar-refractivity contribution in [1.29, 1.82) is 0 Å². The van der Waals surface area contributed by atoms with Crippen molar-refractivity contribution in [2.45, 2.75) is 25.7 Å². The normalized spacial score (nSPS) is 20.9. The first-order valence-electron chi connectivity index (χ1n) is 10.7. The van der Waals surface area contributed by atoms with E-state index in [1.165, 1.54) is 24.3 Å². The fourth-order valence-electron chi connectivity index (χ4n) is 3.83. The topological polar surface area (TPSA) is 126 Å². The van der Waals surface area contributed by atoms with Gasteiger partial charge in [-0.3, -0.25) is 4.79 Å². The fourth-order valence-corrected chi connectivity index (χ4v) is 3.83. The molecule has 3 rings (SSSR count). The Kier molecular flexibility index (Phi) is 8.75. The Morgan fingerprint density at radius 3 is 2.31 bits per heavy atom. The maximum absolute atomic E-state index is 11.8. The molecule has 9 heteroatoms. The van der Waals surface area contributed by atoms with Crippen molar-refractivity contribution >= 4 is 18.2 Å². The summed E-state index contributed by atoms with van der Waals surface area (Å²) in [4.78, 5) is 34.4. The number of rotatable bonds is 10. The van der Waals surface area contributed by atoms with Gasteiger partial charge in [0.25, 0.3) is 0 Å². The number of nitrogens with two attached hydrogens (primary N) is 1. The van der Waals surface area contributed by atoms with Crippen LogP contribution in [0.4, 0.5) is 9.59 Å². The maximum Gasteiger partial charge on any atom is 0.513 e. The monoisotopic (exact) mass is 444 g/mol. The Bertz CT molecular complexity index is 841. The first-order chi connectivity index (χ1) is 15.5. The van der Waals surface area contributed by atoms with Crippen molar-refractivity contribution in [3.05, 3.63) is 29.8 Å². The van der Waals surface area contributed by atoms with Crippen molar-refractivity contribution in [2.75, 3.05) is 33.0 Å². The van der Waals surface area contributed by atoms with E-state index in [9.17, 15) is 14.4 Å². The average Bonchev–Trinajstić information content (AvgIpc) is 3.40. The number of nitrogens with one attached hydrogen (secondary N) is 1. The van der Waals surface area contributed by atoms with E-state index >= 15 is 0 Å². The van der Waals surface area contributed by atoms with Gasteiger partial charge in [-0.05, 0) is 54.9 Å². The molecule has 0 saturated heterocycles. The number of amides is 2. The van der Waals surface area contributed by atoms with Crippen LogP contribution in [0.1, 0.15) is 36.0 Å². The molecule has 9 nitrogen and oxygen atoms in total. The molecule has 1 aromatic rings. The van der Waals surface area contributed by atoms with Gasteiger partial charge in [-0.1, -0.05) is 0 Å². The smallest absolute Gasteiger partial charge is 0.449 e. The lowest BCUT2D eigenvalue weighted by Crippen LogP contribution is -2.29. The Morgan fingerprint density at radius 2 is 1.66 bits per heavy atom. The summed E-state index contributed by atoms with van der Waals surface area (Å²) in [7, 11) is 0. The van der Waals surface area contributed by atoms with Gasteiger partial charge < -0.3 is 30.0 Å². The molecule has 2 amide bonds. The van der Waals surface area contributed by atoms with Gasteiger partial charge in [-0.25, -0.2) is 9.59 Å². The van der Waals surface area contributed by atoms with E-state index in [0.717, 1.165) is 25.7 Å². The third kappa shape index (κ3) is 7.46. The standard InChI is InChI=1S/C23H28N2O7/c24-21(26)16-7-9-17(10-8-16)32-23(28)30-14-13-29-12-11-25-22(27)31-15-20-18-5-3-1-2-4-6-19(18)20/h7-10,18-20H,3-6,11-15H2,(H2,24,26)(H,25,27)/t18-,19+,20-. The molecule has 3 atom stereocenters. The fraction of sp³-hybridized carbons (Fsp3) is 0.522. The Morgan fingerprint density at radius 1 is 0.969 bits per heavy atom. The third-order valence-electron chi connectivity index (χ3n) is 5.55. The van der Waals surface area contributed by atoms with Crippen LogP contribution in [-0.2, 0) is 14.2 Å². The molecule has 2 aliphatic rings. The van der Waals surface area contributed by atoms with Gasteiger partial charge in [0.2, 0.25) is 5.91 Å². The third-order valence-corrected chi connectivity index (χ3v) is 5.55. The molecule has 0 heterocycles. The van der Waals surface area contributed by atoms with Gasteiger partial charge in [-0.15, -0.1) is 11.8 Å². The number of carbonyl (C=O) groups excluding carboxylic acids is 3. The Labute approximate surface area is 186 Å². The molecule has 0 aromatic heterocycles. The lowest BCUT2D eigenvalue weighted by Gasteiger charge is -2.08. The largest absolute Gasteiger partial charge is 0.513 e. The molecule has 172 valence electrons. The number of fused-ring (bicyclic) bond motifs is 1. The second kappa shape index (κ2) is 12.0. The highest BCUT2D eigenvalue weighted by Gasteiger charge is 2.49. The van der Waals surface area contributed by atoms with Crippen LogP contribution in [0.2, 0.25) is 0 Å². The minimum absolute atomic E-state index is 0.00315. The van der Waals surface area contributed by atoms with Crippen LogP contribution in [0, 0.1) is 29.6 Å². The number of primary amides is 1. The zero-order chi connectivity index (χ0) is 22.8. The average molecular weight is 444 g/mol. The van der Waals surface area contributed by atoms with Crippen LogP contribution in [0.25, 0.3) is 0 Å². The summed E-state index contributed by atoms with van der Waals surface area (Å²) in [5, 5.41) is 2.64. The summed E-state index contributed by atoms with van der Waals surface area (Å²) in [6, 6.07) is 5.77. The van der Waals surface area contributed by atoms with E-state index in [-0.39, 0.29) is 25.6 Å². The number of ether oxygens (including phenoxy) is 4. The van der Waals surface area contributed by atoms with Gasteiger partial charge in [0, 0.05) is 24.9 Å². The van der Waals surface area contributed by atoms with Crippen molar-refractivity contribution in [3.63, 3.8) is 0 Å². The van der Waals surface area contributed by atoms with Crippen molar-refractivity contribution in [3.8, 4) is 17.6 Å². The van der Waals surface area contributed by atoms with Gasteiger partial charge in [0.15, 0.2) is 0 Å². The molecule has 0 unspecified atom stereocenters. The summed E-state index contributed by atoms with van der Waals surface area (Å²) in [5.41, 5.74) is 5.45. The van der Waals surface area contributed by atoms with E-state index in [2.05, 4.69) is 17.2 Å². The van der Waals surface area contributed by atoms with Crippen molar-refractivity contribution in [2.24, 2.45) is 23.5 Å². The first kappa shape index (κ1) is 23.4. The number of carbonyl (C=O) groups is 3. The molecule has 0 radical (unpaired) electrons. The highest BCUT2D eigenvalue weighted by atomic mass is 16.7. The Balaban J connectivity index is 1.17. The predicted octanol–water partition coefficient (Wildman–Crippen LogP) is 2.48. The zero-order valence-electron chi connectivity index (χ0n) is 17.8. The molecular weight excluding hydrogens is 416 g/mol. The second-order valence-corrected chi connectivity index (χ2v) is 7.65. The zero-order valence-corrected chi connectivity index (χ0v) is 17.8.